The summed E-state index contributed by atoms with van der Waals surface area (Å²) in [7, 11) is 0. The highest BCUT2D eigenvalue weighted by atomic mass is 32.1. The zero-order chi connectivity index (χ0) is 20.3. The van der Waals surface area contributed by atoms with Gasteiger partial charge in [0.15, 0.2) is 5.11 Å². The van der Waals surface area contributed by atoms with Gasteiger partial charge in [-0.2, -0.15) is 23.5 Å². The fraction of sp³-hybridized carbons (Fsp3) is 0.333. The van der Waals surface area contributed by atoms with Crippen molar-refractivity contribution in [3.8, 4) is 6.07 Å². The van der Waals surface area contributed by atoms with Crippen molar-refractivity contribution in [2.75, 3.05) is 9.80 Å². The second-order valence-corrected chi connectivity index (χ2v) is 7.24. The first kappa shape index (κ1) is 18.4. The minimum atomic E-state index is -4.72. The SMILES string of the molecule is Cc1cc(N2C(=S)N(c3ccc(C#N)c(C(F)(F)F)c3)C(=O)C23CCC3)[nH]n1. The van der Waals surface area contributed by atoms with Crippen molar-refractivity contribution < 1.29 is 18.0 Å². The number of aryl methyl sites for hydroxylation is 1. The average molecular weight is 405 g/mol. The van der Waals surface area contributed by atoms with Gasteiger partial charge in [0.1, 0.15) is 11.4 Å². The number of thiocarbonyl (C=S) groups is 1. The fourth-order valence-electron chi connectivity index (χ4n) is 3.71. The van der Waals surface area contributed by atoms with Crippen molar-refractivity contribution in [3.63, 3.8) is 0 Å². The summed E-state index contributed by atoms with van der Waals surface area (Å²) in [5, 5.41) is 16.0. The predicted octanol–water partition coefficient (Wildman–Crippen LogP) is 3.67. The summed E-state index contributed by atoms with van der Waals surface area (Å²) in [5.41, 5.74) is -1.82. The van der Waals surface area contributed by atoms with E-state index in [0.29, 0.717) is 24.4 Å². The van der Waals surface area contributed by atoms with Gasteiger partial charge in [0.2, 0.25) is 0 Å². The van der Waals surface area contributed by atoms with Gasteiger partial charge in [0, 0.05) is 6.07 Å². The quantitative estimate of drug-likeness (QED) is 0.772. The van der Waals surface area contributed by atoms with E-state index in [-0.39, 0.29) is 16.7 Å². The van der Waals surface area contributed by atoms with Crippen LogP contribution in [0.3, 0.4) is 0 Å². The monoisotopic (exact) mass is 405 g/mol. The molecule has 2 aliphatic rings. The third-order valence-electron chi connectivity index (χ3n) is 5.21. The summed E-state index contributed by atoms with van der Waals surface area (Å²) in [6.45, 7) is 1.78. The summed E-state index contributed by atoms with van der Waals surface area (Å²) in [4.78, 5) is 16.0. The first-order valence-electron chi connectivity index (χ1n) is 8.51. The molecular formula is C18H14F3N5OS. The van der Waals surface area contributed by atoms with E-state index in [2.05, 4.69) is 10.2 Å². The molecule has 1 aromatic carbocycles. The van der Waals surface area contributed by atoms with Gasteiger partial charge in [-0.25, -0.2) is 0 Å². The molecule has 0 bridgehead atoms. The first-order chi connectivity index (χ1) is 13.2. The minimum Gasteiger partial charge on any atom is -0.288 e. The minimum absolute atomic E-state index is 0.00802. The molecule has 1 saturated carbocycles. The maximum Gasteiger partial charge on any atom is 0.417 e. The molecule has 1 saturated heterocycles. The number of nitrogens with one attached hydrogen (secondary N) is 1. The lowest BCUT2D eigenvalue weighted by molar-refractivity contribution is -0.137. The van der Waals surface area contributed by atoms with Gasteiger partial charge in [-0.1, -0.05) is 0 Å². The van der Waals surface area contributed by atoms with Gasteiger partial charge in [-0.3, -0.25) is 19.7 Å². The molecule has 144 valence electrons. The van der Waals surface area contributed by atoms with Crippen molar-refractivity contribution in [1.82, 2.24) is 10.2 Å². The highest BCUT2D eigenvalue weighted by Gasteiger charge is 2.60. The Hall–Kier alpha value is -2.93. The molecule has 1 aliphatic heterocycles. The Morgan fingerprint density at radius 2 is 2.04 bits per heavy atom. The van der Waals surface area contributed by atoms with Crippen molar-refractivity contribution in [1.29, 1.82) is 5.26 Å². The van der Waals surface area contributed by atoms with E-state index in [0.717, 1.165) is 23.5 Å². The van der Waals surface area contributed by atoms with E-state index in [4.69, 9.17) is 17.5 Å². The summed E-state index contributed by atoms with van der Waals surface area (Å²) in [6, 6.07) is 6.45. The van der Waals surface area contributed by atoms with Gasteiger partial charge in [-0.15, -0.1) is 0 Å². The Morgan fingerprint density at radius 3 is 2.54 bits per heavy atom. The van der Waals surface area contributed by atoms with Gasteiger partial charge < -0.3 is 0 Å². The van der Waals surface area contributed by atoms with Crippen LogP contribution in [0.25, 0.3) is 0 Å². The topological polar surface area (TPSA) is 76.0 Å². The molecule has 0 atom stereocenters. The van der Waals surface area contributed by atoms with Gasteiger partial charge in [0.05, 0.1) is 28.6 Å². The zero-order valence-corrected chi connectivity index (χ0v) is 15.5. The number of nitriles is 1. The van der Waals surface area contributed by atoms with Crippen LogP contribution in [0.5, 0.6) is 0 Å². The number of benzene rings is 1. The van der Waals surface area contributed by atoms with E-state index in [1.54, 1.807) is 17.9 Å². The number of hydrogen-bond donors (Lipinski definition) is 1. The predicted molar refractivity (Wildman–Crippen MR) is 98.6 cm³/mol. The third-order valence-corrected chi connectivity index (χ3v) is 5.58. The number of hydrogen-bond acceptors (Lipinski definition) is 4. The molecule has 10 heteroatoms. The van der Waals surface area contributed by atoms with Gasteiger partial charge >= 0.3 is 6.18 Å². The number of rotatable bonds is 2. The number of amides is 1. The largest absolute Gasteiger partial charge is 0.417 e. The molecule has 4 rings (SSSR count). The summed E-state index contributed by atoms with van der Waals surface area (Å²) in [6.07, 6.45) is -2.82. The number of aromatic nitrogens is 2. The van der Waals surface area contributed by atoms with Crippen molar-refractivity contribution >= 4 is 34.7 Å². The lowest BCUT2D eigenvalue weighted by Crippen LogP contribution is -2.55. The Bertz CT molecular complexity index is 1030. The van der Waals surface area contributed by atoms with Crippen LogP contribution in [-0.2, 0) is 11.0 Å². The molecular weight excluding hydrogens is 391 g/mol. The number of halogens is 3. The van der Waals surface area contributed by atoms with Crippen LogP contribution in [0.1, 0.15) is 36.1 Å². The number of nitrogens with zero attached hydrogens (tertiary/aromatic N) is 4. The highest BCUT2D eigenvalue weighted by Crippen LogP contribution is 2.48. The van der Waals surface area contributed by atoms with Crippen molar-refractivity contribution in [2.24, 2.45) is 0 Å². The summed E-state index contributed by atoms with van der Waals surface area (Å²) < 4.78 is 40.1. The van der Waals surface area contributed by atoms with Crippen LogP contribution in [0.4, 0.5) is 24.7 Å². The number of carbonyl (C=O) groups is 1. The number of H-pyrrole nitrogens is 1. The molecule has 2 fully saturated rings. The van der Waals surface area contributed by atoms with Crippen LogP contribution in [0, 0.1) is 18.3 Å². The molecule has 0 radical (unpaired) electrons. The Balaban J connectivity index is 1.82. The van der Waals surface area contributed by atoms with Gasteiger partial charge in [0.25, 0.3) is 5.91 Å². The lowest BCUT2D eigenvalue weighted by atomic mass is 9.75. The molecule has 6 nitrogen and oxygen atoms in total. The number of carbonyl (C=O) groups excluding carboxylic acids is 1. The summed E-state index contributed by atoms with van der Waals surface area (Å²) in [5.74, 6) is 0.163. The van der Waals surface area contributed by atoms with Crippen LogP contribution in [-0.4, -0.2) is 26.8 Å². The summed E-state index contributed by atoms with van der Waals surface area (Å²) >= 11 is 5.50. The maximum absolute atomic E-state index is 13.4. The Morgan fingerprint density at radius 1 is 1.32 bits per heavy atom. The average Bonchev–Trinajstić information content (AvgIpc) is 3.11. The van der Waals surface area contributed by atoms with Crippen LogP contribution in [0.15, 0.2) is 24.3 Å². The molecule has 2 heterocycles. The van der Waals surface area contributed by atoms with Crippen LogP contribution < -0.4 is 9.80 Å². The normalized spacial score (nSPS) is 18.5. The van der Waals surface area contributed by atoms with E-state index in [1.165, 1.54) is 12.1 Å². The molecule has 1 N–H and O–H groups in total. The lowest BCUT2D eigenvalue weighted by Gasteiger charge is -2.42. The first-order valence-corrected chi connectivity index (χ1v) is 8.92. The zero-order valence-electron chi connectivity index (χ0n) is 14.7. The number of anilines is 2. The highest BCUT2D eigenvalue weighted by molar-refractivity contribution is 7.81. The van der Waals surface area contributed by atoms with E-state index in [9.17, 15) is 18.0 Å². The standard InChI is InChI=1S/C18H14F3N5OS/c1-10-7-14(24-23-10)26-16(28)25(15(27)17(26)5-2-6-17)12-4-3-11(9-22)13(8-12)18(19,20)21/h3-4,7-8H,2,5-6H2,1H3,(H,23,24). The molecule has 1 amide bonds. The maximum atomic E-state index is 13.4. The van der Waals surface area contributed by atoms with Gasteiger partial charge in [-0.05, 0) is 56.6 Å². The third kappa shape index (κ3) is 2.50. The molecule has 1 aliphatic carbocycles. The smallest absolute Gasteiger partial charge is 0.288 e. The molecule has 1 spiro atoms. The van der Waals surface area contributed by atoms with E-state index < -0.39 is 22.8 Å². The van der Waals surface area contributed by atoms with E-state index in [1.807, 2.05) is 0 Å². The second-order valence-electron chi connectivity index (χ2n) is 6.88. The van der Waals surface area contributed by atoms with Crippen LogP contribution in [0.2, 0.25) is 0 Å². The fourth-order valence-corrected chi connectivity index (χ4v) is 4.17. The number of aromatic amines is 1. The molecule has 28 heavy (non-hydrogen) atoms. The Kier molecular flexibility index (Phi) is 3.97. The Labute approximate surface area is 163 Å². The van der Waals surface area contributed by atoms with E-state index >= 15 is 0 Å². The van der Waals surface area contributed by atoms with Crippen LogP contribution >= 0.6 is 12.2 Å². The van der Waals surface area contributed by atoms with Crippen molar-refractivity contribution in [2.45, 2.75) is 37.9 Å². The molecule has 0 unspecified atom stereocenters. The number of alkyl halides is 3. The molecule has 2 aromatic rings. The second kappa shape index (κ2) is 6.04. The van der Waals surface area contributed by atoms with Crippen molar-refractivity contribution in [3.05, 3.63) is 41.1 Å². The molecule has 1 aromatic heterocycles.